The van der Waals surface area contributed by atoms with Gasteiger partial charge < -0.3 is 103 Å². The normalized spacial score (nSPS) is 15.2. The monoisotopic (exact) mass is 1380 g/mol. The molecule has 37 heteroatoms. The number of nitrogens with zero attached hydrogens (tertiary/aromatic N) is 3. The van der Waals surface area contributed by atoms with Crippen LogP contribution in [0.1, 0.15) is 144 Å². The second kappa shape index (κ2) is 46.1. The molecule has 548 valence electrons. The van der Waals surface area contributed by atoms with Crippen molar-refractivity contribution < 1.29 is 97.5 Å². The van der Waals surface area contributed by atoms with E-state index in [1.807, 2.05) is 13.8 Å². The topological polar surface area (TPSA) is 675 Å². The summed E-state index contributed by atoms with van der Waals surface area (Å²) < 4.78 is 0. The van der Waals surface area contributed by atoms with Gasteiger partial charge in [-0.2, -0.15) is 0 Å². The van der Waals surface area contributed by atoms with Crippen molar-refractivity contribution in [2.24, 2.45) is 102 Å². The minimum atomic E-state index is -1.82. The van der Waals surface area contributed by atoms with Crippen LogP contribution in [-0.4, -0.2) is 214 Å². The van der Waals surface area contributed by atoms with Gasteiger partial charge in [-0.05, 0) is 78.2 Å². The fraction of sp³-hybridized carbons (Fsp3) is 0.700. The number of aliphatic hydroxyl groups is 3. The molecule has 0 saturated heterocycles. The molecule has 0 aliphatic rings. The largest absolute Gasteiger partial charge is 0.481 e. The lowest BCUT2D eigenvalue weighted by Crippen LogP contribution is -2.52. The van der Waals surface area contributed by atoms with E-state index in [-0.39, 0.29) is 94.2 Å². The number of Topliss-reactive ketones (excluding diaryl/α,β-unsaturated/α-hetero) is 6. The maximum absolute atomic E-state index is 14.0. The summed E-state index contributed by atoms with van der Waals surface area (Å²) >= 11 is 0. The molecule has 13 atom stereocenters. The summed E-state index contributed by atoms with van der Waals surface area (Å²) in [5, 5.41) is 65.4. The van der Waals surface area contributed by atoms with Crippen molar-refractivity contribution in [3.63, 3.8) is 0 Å². The Morgan fingerprint density at radius 1 is 0.433 bits per heavy atom. The molecule has 0 heterocycles. The Morgan fingerprint density at radius 2 is 0.876 bits per heavy atom. The van der Waals surface area contributed by atoms with Crippen LogP contribution in [0.5, 0.6) is 0 Å². The third-order valence-electron chi connectivity index (χ3n) is 15.4. The number of amides is 7. The van der Waals surface area contributed by atoms with Gasteiger partial charge in [-0.3, -0.25) is 86.9 Å². The number of ketones is 6. The number of aliphatic carboxylic acids is 2. The summed E-state index contributed by atoms with van der Waals surface area (Å²) in [4.78, 5) is 210. The van der Waals surface area contributed by atoms with Crippen molar-refractivity contribution in [2.75, 3.05) is 39.8 Å². The van der Waals surface area contributed by atoms with Gasteiger partial charge in [0.1, 0.15) is 12.1 Å². The Hall–Kier alpha value is -9.10. The van der Waals surface area contributed by atoms with E-state index >= 15 is 0 Å². The smallest absolute Gasteiger partial charge is 0.304 e. The SMILES string of the molecule is CN[C@@H](CC(C)C)C(=O)C[C@@H](CCCN=C(N)N)C(=O)N[C@@H](CCC(=O)O)C(=O)C[C@H](C(=O)N[C@@H](CC(N)=O)C(=O)C[C@@H](C)C(=O)NCC(=O)C[C@@H](CCCN=C(N)N)C(=O)N[C@@H](CO)C(=O)C[C@@H](CC(=O)O)C(=O)N[C@H](C(=O)C[C@@H](CCCN=C(N)N)C(N)=O)[C@@H](C)O)[C@@H](C)O. The summed E-state index contributed by atoms with van der Waals surface area (Å²) in [5.41, 5.74) is 43.3. The van der Waals surface area contributed by atoms with Crippen molar-refractivity contribution >= 4 is 106 Å². The molecule has 0 unspecified atom stereocenters. The van der Waals surface area contributed by atoms with Crippen molar-refractivity contribution in [1.82, 2.24) is 31.9 Å². The molecule has 0 spiro atoms. The lowest BCUT2D eigenvalue weighted by molar-refractivity contribution is -0.143. The summed E-state index contributed by atoms with van der Waals surface area (Å²) in [7, 11) is 1.58. The third kappa shape index (κ3) is 37.1. The van der Waals surface area contributed by atoms with Gasteiger partial charge in [0.05, 0.1) is 68.2 Å². The van der Waals surface area contributed by atoms with Gasteiger partial charge in [-0.25, -0.2) is 0 Å². The van der Waals surface area contributed by atoms with Crippen LogP contribution in [0.15, 0.2) is 15.0 Å². The average molecular weight is 1380 g/mol. The highest BCUT2D eigenvalue weighted by atomic mass is 16.4. The quantitative estimate of drug-likeness (QED) is 0.0153. The lowest BCUT2D eigenvalue weighted by Gasteiger charge is -2.26. The van der Waals surface area contributed by atoms with Gasteiger partial charge in [-0.1, -0.05) is 20.8 Å². The van der Waals surface area contributed by atoms with E-state index in [1.54, 1.807) is 7.05 Å². The van der Waals surface area contributed by atoms with E-state index < -0.39 is 231 Å². The highest BCUT2D eigenvalue weighted by molar-refractivity contribution is 6.00. The Labute approximate surface area is 561 Å². The molecule has 0 aromatic carbocycles. The Balaban J connectivity index is 6.44. The molecule has 0 aliphatic heterocycles. The first-order valence-corrected chi connectivity index (χ1v) is 31.7. The molecule has 0 rings (SSSR count). The van der Waals surface area contributed by atoms with Crippen molar-refractivity contribution in [3.05, 3.63) is 0 Å². The number of rotatable bonds is 54. The molecular formula is C60H103N17O20. The highest BCUT2D eigenvalue weighted by Gasteiger charge is 2.38. The zero-order chi connectivity index (χ0) is 74.4. The summed E-state index contributed by atoms with van der Waals surface area (Å²) in [5.74, 6) is -24.0. The lowest BCUT2D eigenvalue weighted by atomic mass is 9.88. The first kappa shape index (κ1) is 87.9. The van der Waals surface area contributed by atoms with Crippen LogP contribution in [0.25, 0.3) is 0 Å². The first-order valence-electron chi connectivity index (χ1n) is 31.7. The molecule has 0 fully saturated rings. The van der Waals surface area contributed by atoms with E-state index in [1.165, 1.54) is 6.92 Å². The number of nitrogens with one attached hydrogen (secondary N) is 6. The maximum Gasteiger partial charge on any atom is 0.304 e. The van der Waals surface area contributed by atoms with Gasteiger partial charge >= 0.3 is 11.9 Å². The number of guanidine groups is 3. The van der Waals surface area contributed by atoms with Crippen LogP contribution >= 0.6 is 0 Å². The molecule has 0 saturated carbocycles. The van der Waals surface area contributed by atoms with Crippen molar-refractivity contribution in [2.45, 2.75) is 186 Å². The summed E-state index contributed by atoms with van der Waals surface area (Å²) in [6, 6.07) is -7.53. The second-order valence-corrected chi connectivity index (χ2v) is 24.4. The minimum Gasteiger partial charge on any atom is -0.481 e. The highest BCUT2D eigenvalue weighted by Crippen LogP contribution is 2.22. The Bertz CT molecular complexity index is 2800. The van der Waals surface area contributed by atoms with Gasteiger partial charge in [0.25, 0.3) is 0 Å². The van der Waals surface area contributed by atoms with Crippen LogP contribution in [-0.2, 0) is 71.9 Å². The van der Waals surface area contributed by atoms with Crippen LogP contribution in [0.2, 0.25) is 0 Å². The molecule has 0 aliphatic carbocycles. The predicted molar refractivity (Wildman–Crippen MR) is 350 cm³/mol. The molecule has 27 N–H and O–H groups in total. The van der Waals surface area contributed by atoms with Gasteiger partial charge in [0.2, 0.25) is 41.4 Å². The molecule has 0 bridgehead atoms. The van der Waals surface area contributed by atoms with E-state index in [9.17, 15) is 97.5 Å². The third-order valence-corrected chi connectivity index (χ3v) is 15.4. The number of carboxylic acid groups (broad SMARTS) is 2. The van der Waals surface area contributed by atoms with Crippen molar-refractivity contribution in [3.8, 4) is 0 Å². The Kier molecular flexibility index (Phi) is 41.8. The van der Waals surface area contributed by atoms with Gasteiger partial charge in [-0.15, -0.1) is 0 Å². The van der Waals surface area contributed by atoms with Gasteiger partial charge in [0, 0.05) is 88.3 Å². The number of aliphatic imine (C=N–C) groups is 3. The van der Waals surface area contributed by atoms with Crippen LogP contribution < -0.4 is 77.8 Å². The van der Waals surface area contributed by atoms with E-state index in [2.05, 4.69) is 46.9 Å². The molecule has 0 aromatic rings. The molecule has 0 aromatic heterocycles. The number of likely N-dealkylation sites (N-methyl/N-ethyl adjacent to an activating group) is 1. The second-order valence-electron chi connectivity index (χ2n) is 24.4. The van der Waals surface area contributed by atoms with E-state index in [4.69, 9.17) is 45.9 Å². The molecule has 37 nitrogen and oxygen atoms in total. The summed E-state index contributed by atoms with van der Waals surface area (Å²) in [6.07, 6.45) is -9.51. The zero-order valence-electron chi connectivity index (χ0n) is 56.0. The van der Waals surface area contributed by atoms with Crippen molar-refractivity contribution in [1.29, 1.82) is 0 Å². The fourth-order valence-corrected chi connectivity index (χ4v) is 10.1. The first-order chi connectivity index (χ1) is 45.2. The number of carbonyl (C=O) groups excluding carboxylic acids is 13. The van der Waals surface area contributed by atoms with Crippen LogP contribution in [0.4, 0.5) is 0 Å². The number of primary amides is 2. The van der Waals surface area contributed by atoms with Gasteiger partial charge in [0.15, 0.2) is 52.6 Å². The average Bonchev–Trinajstić information content (AvgIpc) is 1.05. The summed E-state index contributed by atoms with van der Waals surface area (Å²) in [6.45, 7) is 5.50. The molecule has 0 radical (unpaired) electrons. The zero-order valence-corrected chi connectivity index (χ0v) is 56.0. The van der Waals surface area contributed by atoms with E-state index in [0.29, 0.717) is 6.42 Å². The predicted octanol–water partition coefficient (Wildman–Crippen LogP) is -6.24. The number of carbonyl (C=O) groups is 15. The van der Waals surface area contributed by atoms with E-state index in [0.717, 1.165) is 13.8 Å². The van der Waals surface area contributed by atoms with Crippen LogP contribution in [0, 0.1) is 41.4 Å². The maximum atomic E-state index is 14.0. The standard InChI is InChI=1S/C60H103N17O20/c1-29(2)18-40(69-6)44(83)22-35(12-9-17-72-60(67)68)55(95)74-39(13-14-49(88)89)46(85)25-38(31(4)79)57(97)75-41(26-48(61)87)43(82)19-30(3)53(93)73-27-37(81)20-34(11-8-16-71-59(65)66)54(94)76-42(28-78)45(84)23-36(24-50(90)91)56(96)77-51(32(5)80)47(86)21-33(52(62)92)10-7-15-70-58(63)64/h29-36,38-42,51,69,78-80H,7-28H2,1-6H3,(H2,61,87)(H2,62,92)(H,73,93)(H,74,95)(H,75,97)(H,76,94)(H,77,96)(H,88,89)(H,90,91)(H4,63,64,70)(H4,65,66,71)(H4,67,68,72)/t30-,31-,32-,33-,34-,35-,36+,38+,39+,40+,41+,42+,51+/m1/s1. The number of hydrogen-bond acceptors (Lipinski definition) is 22. The number of hydrogen-bond donors (Lipinski definition) is 19. The Morgan fingerprint density at radius 3 is 1.32 bits per heavy atom. The fourth-order valence-electron chi connectivity index (χ4n) is 10.1. The van der Waals surface area contributed by atoms with Crippen LogP contribution in [0.3, 0.4) is 0 Å². The molecular weight excluding hydrogens is 1280 g/mol. The number of nitrogens with two attached hydrogens (primary N) is 8. The number of aliphatic hydroxyl groups excluding tert-OH is 3. The minimum absolute atomic E-state index is 0.0291. The molecule has 7 amide bonds. The number of carboxylic acids is 2. The molecule has 97 heavy (non-hydrogen) atoms.